The molecular formula is C19H11ClN2O2S. The fourth-order valence-electron chi connectivity index (χ4n) is 2.54. The van der Waals surface area contributed by atoms with E-state index in [1.807, 2.05) is 47.8 Å². The predicted molar refractivity (Wildman–Crippen MR) is 98.6 cm³/mol. The molecule has 2 heterocycles. The molecule has 0 aliphatic carbocycles. The summed E-state index contributed by atoms with van der Waals surface area (Å²) in [6.07, 6.45) is 1.77. The van der Waals surface area contributed by atoms with Gasteiger partial charge in [0.2, 0.25) is 6.79 Å². The van der Waals surface area contributed by atoms with Crippen LogP contribution in [-0.2, 0) is 0 Å². The van der Waals surface area contributed by atoms with E-state index in [2.05, 4.69) is 11.1 Å². The number of hydrogen-bond acceptors (Lipinski definition) is 5. The SMILES string of the molecule is N#CC(=Cc1cccc2c1OCO2)c1nc(-c2cccc(Cl)c2)cs1. The molecule has 1 aliphatic rings. The van der Waals surface area contributed by atoms with Crippen LogP contribution in [0.15, 0.2) is 47.8 Å². The molecule has 1 aromatic heterocycles. The monoisotopic (exact) mass is 366 g/mol. The number of para-hydroxylation sites is 1. The van der Waals surface area contributed by atoms with Crippen molar-refractivity contribution < 1.29 is 9.47 Å². The Labute approximate surface area is 153 Å². The van der Waals surface area contributed by atoms with E-state index in [1.165, 1.54) is 11.3 Å². The van der Waals surface area contributed by atoms with Crippen molar-refractivity contribution in [1.82, 2.24) is 4.98 Å². The van der Waals surface area contributed by atoms with E-state index in [9.17, 15) is 5.26 Å². The van der Waals surface area contributed by atoms with Crippen LogP contribution in [-0.4, -0.2) is 11.8 Å². The highest BCUT2D eigenvalue weighted by atomic mass is 35.5. The number of rotatable bonds is 3. The van der Waals surface area contributed by atoms with Gasteiger partial charge in [0.1, 0.15) is 11.1 Å². The van der Waals surface area contributed by atoms with Crippen molar-refractivity contribution in [2.75, 3.05) is 6.79 Å². The Bertz CT molecular complexity index is 1020. The van der Waals surface area contributed by atoms with Crippen LogP contribution in [0, 0.1) is 11.3 Å². The van der Waals surface area contributed by atoms with Crippen LogP contribution in [0.1, 0.15) is 10.6 Å². The standard InChI is InChI=1S/C19H11ClN2O2S/c20-15-5-1-3-12(8-15)16-10-25-19(22-16)14(9-21)7-13-4-2-6-17-18(13)24-11-23-17/h1-8,10H,11H2. The highest BCUT2D eigenvalue weighted by molar-refractivity contribution is 7.11. The first-order valence-corrected chi connectivity index (χ1v) is 8.72. The first-order chi connectivity index (χ1) is 12.2. The molecule has 0 atom stereocenters. The summed E-state index contributed by atoms with van der Waals surface area (Å²) in [6, 6.07) is 15.3. The topological polar surface area (TPSA) is 55.1 Å². The zero-order chi connectivity index (χ0) is 17.2. The second kappa shape index (κ2) is 6.60. The van der Waals surface area contributed by atoms with Crippen LogP contribution in [0.4, 0.5) is 0 Å². The van der Waals surface area contributed by atoms with E-state index in [0.29, 0.717) is 27.1 Å². The summed E-state index contributed by atoms with van der Waals surface area (Å²) in [6.45, 7) is 0.193. The molecule has 0 unspecified atom stereocenters. The molecule has 0 saturated carbocycles. The number of fused-ring (bicyclic) bond motifs is 1. The molecule has 4 rings (SSSR count). The van der Waals surface area contributed by atoms with Crippen LogP contribution in [0.2, 0.25) is 5.02 Å². The van der Waals surface area contributed by atoms with Crippen molar-refractivity contribution >= 4 is 34.6 Å². The Hall–Kier alpha value is -2.81. The zero-order valence-corrected chi connectivity index (χ0v) is 14.5. The summed E-state index contributed by atoms with van der Waals surface area (Å²) < 4.78 is 10.9. The first kappa shape index (κ1) is 15.7. The number of benzene rings is 2. The highest BCUT2D eigenvalue weighted by Crippen LogP contribution is 2.37. The lowest BCUT2D eigenvalue weighted by Gasteiger charge is -2.01. The molecule has 0 spiro atoms. The van der Waals surface area contributed by atoms with Gasteiger partial charge in [-0.15, -0.1) is 11.3 Å². The third-order valence-electron chi connectivity index (χ3n) is 3.70. The van der Waals surface area contributed by atoms with E-state index < -0.39 is 0 Å². The van der Waals surface area contributed by atoms with Crippen molar-refractivity contribution in [3.05, 3.63) is 63.4 Å². The second-order valence-corrected chi connectivity index (χ2v) is 6.59. The number of halogens is 1. The van der Waals surface area contributed by atoms with Crippen molar-refractivity contribution in [2.24, 2.45) is 0 Å². The Morgan fingerprint density at radius 3 is 2.96 bits per heavy atom. The molecule has 0 fully saturated rings. The quantitative estimate of drug-likeness (QED) is 0.593. The Morgan fingerprint density at radius 2 is 2.12 bits per heavy atom. The van der Waals surface area contributed by atoms with Crippen LogP contribution in [0.3, 0.4) is 0 Å². The molecule has 0 amide bonds. The molecule has 3 aromatic rings. The van der Waals surface area contributed by atoms with Crippen molar-refractivity contribution in [3.63, 3.8) is 0 Å². The van der Waals surface area contributed by atoms with Crippen LogP contribution in [0.5, 0.6) is 11.5 Å². The maximum absolute atomic E-state index is 9.57. The molecular weight excluding hydrogens is 356 g/mol. The zero-order valence-electron chi connectivity index (χ0n) is 12.9. The van der Waals surface area contributed by atoms with Crippen molar-refractivity contribution in [3.8, 4) is 28.8 Å². The van der Waals surface area contributed by atoms with Gasteiger partial charge in [-0.1, -0.05) is 35.9 Å². The number of nitrogens with zero attached hydrogens (tertiary/aromatic N) is 2. The maximum atomic E-state index is 9.57. The molecule has 0 radical (unpaired) electrons. The van der Waals surface area contributed by atoms with Gasteiger partial charge in [0.15, 0.2) is 11.5 Å². The lowest BCUT2D eigenvalue weighted by atomic mass is 10.1. The number of hydrogen-bond donors (Lipinski definition) is 0. The molecule has 0 bridgehead atoms. The number of thiazole rings is 1. The lowest BCUT2D eigenvalue weighted by molar-refractivity contribution is 0.174. The Balaban J connectivity index is 1.71. The van der Waals surface area contributed by atoms with Gasteiger partial charge < -0.3 is 9.47 Å². The van der Waals surface area contributed by atoms with Gasteiger partial charge in [-0.25, -0.2) is 4.98 Å². The van der Waals surface area contributed by atoms with Crippen LogP contribution < -0.4 is 9.47 Å². The van der Waals surface area contributed by atoms with Gasteiger partial charge in [0.05, 0.1) is 11.3 Å². The molecule has 0 saturated heterocycles. The summed E-state index contributed by atoms with van der Waals surface area (Å²) in [7, 11) is 0. The minimum atomic E-state index is 0.193. The summed E-state index contributed by atoms with van der Waals surface area (Å²) in [5.41, 5.74) is 2.99. The van der Waals surface area contributed by atoms with Crippen molar-refractivity contribution in [2.45, 2.75) is 0 Å². The van der Waals surface area contributed by atoms with E-state index in [1.54, 1.807) is 6.08 Å². The van der Waals surface area contributed by atoms with Gasteiger partial charge in [0, 0.05) is 21.5 Å². The predicted octanol–water partition coefficient (Wildman–Crippen LogP) is 5.26. The summed E-state index contributed by atoms with van der Waals surface area (Å²) in [5, 5.41) is 12.8. The highest BCUT2D eigenvalue weighted by Gasteiger charge is 2.17. The average Bonchev–Trinajstić information content (AvgIpc) is 3.29. The fourth-order valence-corrected chi connectivity index (χ4v) is 3.53. The fraction of sp³-hybridized carbons (Fsp3) is 0.0526. The first-order valence-electron chi connectivity index (χ1n) is 7.47. The Kier molecular flexibility index (Phi) is 4.14. The molecule has 2 aromatic carbocycles. The Morgan fingerprint density at radius 1 is 1.24 bits per heavy atom. The third kappa shape index (κ3) is 3.10. The number of nitriles is 1. The van der Waals surface area contributed by atoms with Crippen molar-refractivity contribution in [1.29, 1.82) is 5.26 Å². The molecule has 0 N–H and O–H groups in total. The van der Waals surface area contributed by atoms with Crippen LogP contribution >= 0.6 is 22.9 Å². The van der Waals surface area contributed by atoms with E-state index in [4.69, 9.17) is 21.1 Å². The molecule has 25 heavy (non-hydrogen) atoms. The smallest absolute Gasteiger partial charge is 0.231 e. The molecule has 122 valence electrons. The normalized spacial score (nSPS) is 12.9. The molecule has 4 nitrogen and oxygen atoms in total. The average molecular weight is 367 g/mol. The van der Waals surface area contributed by atoms with E-state index in [-0.39, 0.29) is 6.79 Å². The van der Waals surface area contributed by atoms with Gasteiger partial charge in [-0.2, -0.15) is 5.26 Å². The number of aromatic nitrogens is 1. The van der Waals surface area contributed by atoms with Gasteiger partial charge in [-0.05, 0) is 24.3 Å². The summed E-state index contributed by atoms with van der Waals surface area (Å²) in [4.78, 5) is 4.58. The van der Waals surface area contributed by atoms with E-state index >= 15 is 0 Å². The second-order valence-electron chi connectivity index (χ2n) is 5.30. The minimum Gasteiger partial charge on any atom is -0.454 e. The summed E-state index contributed by atoms with van der Waals surface area (Å²) in [5.74, 6) is 1.34. The summed E-state index contributed by atoms with van der Waals surface area (Å²) >= 11 is 7.46. The van der Waals surface area contributed by atoms with Gasteiger partial charge >= 0.3 is 0 Å². The number of ether oxygens (including phenoxy) is 2. The maximum Gasteiger partial charge on any atom is 0.231 e. The van der Waals surface area contributed by atoms with Crippen LogP contribution in [0.25, 0.3) is 22.9 Å². The molecule has 1 aliphatic heterocycles. The van der Waals surface area contributed by atoms with Gasteiger partial charge in [0.25, 0.3) is 0 Å². The molecule has 6 heteroatoms. The largest absolute Gasteiger partial charge is 0.454 e. The van der Waals surface area contributed by atoms with Gasteiger partial charge in [-0.3, -0.25) is 0 Å². The number of allylic oxidation sites excluding steroid dienone is 1. The van der Waals surface area contributed by atoms with E-state index in [0.717, 1.165) is 16.8 Å². The minimum absolute atomic E-state index is 0.193. The lowest BCUT2D eigenvalue weighted by Crippen LogP contribution is -1.93. The third-order valence-corrected chi connectivity index (χ3v) is 4.81.